The minimum Gasteiger partial charge on any atom is -0.488 e. The van der Waals surface area contributed by atoms with E-state index in [0.29, 0.717) is 6.61 Å². The van der Waals surface area contributed by atoms with E-state index in [-0.39, 0.29) is 17.6 Å². The minimum absolute atomic E-state index is 0.309. The molecule has 114 valence electrons. The minimum atomic E-state index is -0.366. The summed E-state index contributed by atoms with van der Waals surface area (Å²) in [7, 11) is 0. The average Bonchev–Trinajstić information content (AvgIpc) is 2.77. The van der Waals surface area contributed by atoms with Crippen molar-refractivity contribution in [2.24, 2.45) is 5.41 Å². The molecule has 2 unspecified atom stereocenters. The predicted octanol–water partition coefficient (Wildman–Crippen LogP) is 3.44. The largest absolute Gasteiger partial charge is 0.488 e. The standard InChI is InChI=1S/C17H21BrO3/c18-13-3-1-2-4-14(13)21-11-12-7-9-17(10-8-12)15(19)5-6-16(17)20/h1-4,7,15-16,19-20H,5-6,8-11H2. The Kier molecular flexibility index (Phi) is 4.38. The van der Waals surface area contributed by atoms with E-state index >= 15 is 0 Å². The van der Waals surface area contributed by atoms with E-state index in [1.165, 1.54) is 5.57 Å². The molecule has 4 heteroatoms. The quantitative estimate of drug-likeness (QED) is 0.819. The molecule has 21 heavy (non-hydrogen) atoms. The molecule has 2 aliphatic rings. The van der Waals surface area contributed by atoms with Crippen LogP contribution in [0.5, 0.6) is 5.75 Å². The maximum absolute atomic E-state index is 10.2. The zero-order valence-corrected chi connectivity index (χ0v) is 13.6. The van der Waals surface area contributed by atoms with Gasteiger partial charge in [0.1, 0.15) is 12.4 Å². The summed E-state index contributed by atoms with van der Waals surface area (Å²) in [5.41, 5.74) is 0.944. The van der Waals surface area contributed by atoms with Crippen LogP contribution in [0.25, 0.3) is 0 Å². The molecule has 3 nitrogen and oxygen atoms in total. The van der Waals surface area contributed by atoms with E-state index in [0.717, 1.165) is 42.3 Å². The van der Waals surface area contributed by atoms with Crippen molar-refractivity contribution >= 4 is 15.9 Å². The fraction of sp³-hybridized carbons (Fsp3) is 0.529. The summed E-state index contributed by atoms with van der Waals surface area (Å²) in [6.07, 6.45) is 5.35. The normalized spacial score (nSPS) is 32.2. The first kappa shape index (κ1) is 15.1. The topological polar surface area (TPSA) is 49.7 Å². The molecule has 0 aliphatic heterocycles. The summed E-state index contributed by atoms with van der Waals surface area (Å²) in [5.74, 6) is 0.847. The van der Waals surface area contributed by atoms with E-state index in [1.807, 2.05) is 24.3 Å². The Balaban J connectivity index is 1.62. The summed E-state index contributed by atoms with van der Waals surface area (Å²) in [5, 5.41) is 20.4. The molecule has 1 saturated carbocycles. The molecule has 0 heterocycles. The maximum Gasteiger partial charge on any atom is 0.133 e. The number of allylic oxidation sites excluding steroid dienone is 1. The number of hydrogen-bond donors (Lipinski definition) is 2. The van der Waals surface area contributed by atoms with Crippen LogP contribution in [0.4, 0.5) is 0 Å². The number of para-hydroxylation sites is 1. The smallest absolute Gasteiger partial charge is 0.133 e. The first-order valence-electron chi connectivity index (χ1n) is 7.53. The van der Waals surface area contributed by atoms with Crippen molar-refractivity contribution in [3.63, 3.8) is 0 Å². The molecule has 2 aliphatic carbocycles. The molecule has 0 bridgehead atoms. The molecule has 0 aromatic heterocycles. The molecule has 1 fully saturated rings. The molecule has 2 atom stereocenters. The van der Waals surface area contributed by atoms with Gasteiger partial charge in [0.25, 0.3) is 0 Å². The van der Waals surface area contributed by atoms with Gasteiger partial charge >= 0.3 is 0 Å². The number of aliphatic hydroxyl groups excluding tert-OH is 2. The molecule has 0 radical (unpaired) electrons. The van der Waals surface area contributed by atoms with Crippen LogP contribution in [0.3, 0.4) is 0 Å². The lowest BCUT2D eigenvalue weighted by atomic mass is 9.71. The van der Waals surface area contributed by atoms with Crippen molar-refractivity contribution in [1.29, 1.82) is 0 Å². The van der Waals surface area contributed by atoms with Crippen LogP contribution in [0.15, 0.2) is 40.4 Å². The zero-order valence-electron chi connectivity index (χ0n) is 12.0. The van der Waals surface area contributed by atoms with Gasteiger partial charge in [-0.1, -0.05) is 18.2 Å². The van der Waals surface area contributed by atoms with Crippen LogP contribution < -0.4 is 4.74 Å². The number of rotatable bonds is 3. The summed E-state index contributed by atoms with van der Waals surface area (Å²) < 4.78 is 6.80. The molecule has 1 aromatic carbocycles. The molecule has 1 aromatic rings. The third-order valence-electron chi connectivity index (χ3n) is 4.97. The van der Waals surface area contributed by atoms with Crippen molar-refractivity contribution < 1.29 is 14.9 Å². The van der Waals surface area contributed by atoms with Crippen LogP contribution in [0, 0.1) is 5.41 Å². The lowest BCUT2D eigenvalue weighted by Gasteiger charge is -2.38. The van der Waals surface area contributed by atoms with Crippen molar-refractivity contribution in [3.05, 3.63) is 40.4 Å². The van der Waals surface area contributed by atoms with Gasteiger partial charge in [0.15, 0.2) is 0 Å². The van der Waals surface area contributed by atoms with Gasteiger partial charge in [-0.25, -0.2) is 0 Å². The molecule has 0 amide bonds. The van der Waals surface area contributed by atoms with Crippen LogP contribution in [-0.2, 0) is 0 Å². The van der Waals surface area contributed by atoms with Gasteiger partial charge in [0.05, 0.1) is 16.7 Å². The molecule has 3 rings (SSSR count). The Hall–Kier alpha value is -0.840. The van der Waals surface area contributed by atoms with Crippen molar-refractivity contribution in [1.82, 2.24) is 0 Å². The highest BCUT2D eigenvalue weighted by molar-refractivity contribution is 9.10. The zero-order chi connectivity index (χ0) is 14.9. The third kappa shape index (κ3) is 2.89. The van der Waals surface area contributed by atoms with Crippen molar-refractivity contribution in [3.8, 4) is 5.75 Å². The van der Waals surface area contributed by atoms with E-state index < -0.39 is 0 Å². The van der Waals surface area contributed by atoms with Gasteiger partial charge in [0.2, 0.25) is 0 Å². The summed E-state index contributed by atoms with van der Waals surface area (Å²) >= 11 is 3.48. The first-order valence-corrected chi connectivity index (χ1v) is 8.32. The monoisotopic (exact) mass is 352 g/mol. The van der Waals surface area contributed by atoms with Crippen molar-refractivity contribution in [2.75, 3.05) is 6.61 Å². The van der Waals surface area contributed by atoms with Crippen LogP contribution in [0.1, 0.15) is 32.1 Å². The molecule has 0 saturated heterocycles. The highest BCUT2D eigenvalue weighted by Gasteiger charge is 2.49. The van der Waals surface area contributed by atoms with E-state index in [4.69, 9.17) is 4.74 Å². The van der Waals surface area contributed by atoms with Gasteiger partial charge in [-0.3, -0.25) is 0 Å². The van der Waals surface area contributed by atoms with E-state index in [1.54, 1.807) is 0 Å². The third-order valence-corrected chi connectivity index (χ3v) is 5.63. The molecular formula is C17H21BrO3. The Labute approximate surface area is 133 Å². The highest BCUT2D eigenvalue weighted by atomic mass is 79.9. The fourth-order valence-corrected chi connectivity index (χ4v) is 3.91. The second-order valence-corrected chi connectivity index (χ2v) is 6.98. The lowest BCUT2D eigenvalue weighted by molar-refractivity contribution is -0.0314. The van der Waals surface area contributed by atoms with Gasteiger partial charge in [0, 0.05) is 5.41 Å². The Morgan fingerprint density at radius 1 is 1.19 bits per heavy atom. The number of hydrogen-bond acceptors (Lipinski definition) is 3. The number of aliphatic hydroxyl groups is 2. The van der Waals surface area contributed by atoms with Gasteiger partial charge in [-0.05, 0) is 65.7 Å². The number of benzene rings is 1. The van der Waals surface area contributed by atoms with Gasteiger partial charge < -0.3 is 14.9 Å². The fourth-order valence-electron chi connectivity index (χ4n) is 3.51. The predicted molar refractivity (Wildman–Crippen MR) is 85.3 cm³/mol. The summed E-state index contributed by atoms with van der Waals surface area (Å²) in [6, 6.07) is 7.82. The average molecular weight is 353 g/mol. The number of halogens is 1. The second kappa shape index (κ2) is 6.11. The van der Waals surface area contributed by atoms with Crippen LogP contribution >= 0.6 is 15.9 Å². The van der Waals surface area contributed by atoms with Crippen molar-refractivity contribution in [2.45, 2.75) is 44.3 Å². The van der Waals surface area contributed by atoms with Crippen LogP contribution in [0.2, 0.25) is 0 Å². The van der Waals surface area contributed by atoms with E-state index in [2.05, 4.69) is 22.0 Å². The van der Waals surface area contributed by atoms with Gasteiger partial charge in [-0.2, -0.15) is 0 Å². The maximum atomic E-state index is 10.2. The molecule has 1 spiro atoms. The van der Waals surface area contributed by atoms with Crippen LogP contribution in [-0.4, -0.2) is 29.0 Å². The second-order valence-electron chi connectivity index (χ2n) is 6.13. The van der Waals surface area contributed by atoms with Gasteiger partial charge in [-0.15, -0.1) is 0 Å². The Bertz CT molecular complexity index is 531. The SMILES string of the molecule is OC1CCC(O)C12CC=C(COc1ccccc1Br)CC2. The molecular weight excluding hydrogens is 332 g/mol. The molecule has 2 N–H and O–H groups in total. The Morgan fingerprint density at radius 2 is 1.90 bits per heavy atom. The summed E-state index contributed by atoms with van der Waals surface area (Å²) in [6.45, 7) is 0.574. The lowest BCUT2D eigenvalue weighted by Crippen LogP contribution is -2.40. The Morgan fingerprint density at radius 3 is 2.52 bits per heavy atom. The van der Waals surface area contributed by atoms with E-state index in [9.17, 15) is 10.2 Å². The first-order chi connectivity index (χ1) is 10.1. The number of ether oxygens (including phenoxy) is 1. The highest BCUT2D eigenvalue weighted by Crippen LogP contribution is 2.48. The summed E-state index contributed by atoms with van der Waals surface area (Å²) in [4.78, 5) is 0.